The second-order valence-corrected chi connectivity index (χ2v) is 8.35. The van der Waals surface area contributed by atoms with E-state index in [1.807, 2.05) is 30.3 Å². The number of nitrogens with zero attached hydrogens (tertiary/aromatic N) is 3. The number of aliphatic carboxylic acids is 1. The van der Waals surface area contributed by atoms with Crippen molar-refractivity contribution in [2.75, 3.05) is 19.6 Å². The van der Waals surface area contributed by atoms with E-state index in [1.165, 1.54) is 11.5 Å². The van der Waals surface area contributed by atoms with Gasteiger partial charge in [0.15, 0.2) is 5.69 Å². The minimum Gasteiger partial charge on any atom is -0.487 e. The molecule has 0 saturated carbocycles. The van der Waals surface area contributed by atoms with Crippen LogP contribution in [0, 0.1) is 0 Å². The van der Waals surface area contributed by atoms with Crippen molar-refractivity contribution >= 4 is 23.4 Å². The Morgan fingerprint density at radius 3 is 2.58 bits per heavy atom. The van der Waals surface area contributed by atoms with Crippen LogP contribution in [0.5, 0.6) is 5.75 Å². The first-order chi connectivity index (χ1) is 15.6. The van der Waals surface area contributed by atoms with E-state index in [9.17, 15) is 18.0 Å². The molecular weight excluding hydrogens is 461 g/mol. The number of hydrogen-bond acceptors (Lipinski definition) is 7. The highest BCUT2D eigenvalue weighted by Crippen LogP contribution is 2.44. The monoisotopic (exact) mass is 484 g/mol. The topological polar surface area (TPSA) is 105 Å². The number of piperidine rings is 1. The lowest BCUT2D eigenvalue weighted by Crippen LogP contribution is -2.52. The number of hydrogen-bond donors (Lipinski definition) is 2. The zero-order valence-electron chi connectivity index (χ0n) is 17.5. The van der Waals surface area contributed by atoms with Crippen molar-refractivity contribution in [1.82, 2.24) is 19.8 Å². The van der Waals surface area contributed by atoms with Gasteiger partial charge in [0.05, 0.1) is 6.04 Å². The van der Waals surface area contributed by atoms with Gasteiger partial charge in [0.2, 0.25) is 0 Å². The van der Waals surface area contributed by atoms with Crippen LogP contribution in [0.25, 0.3) is 0 Å². The van der Waals surface area contributed by atoms with Crippen molar-refractivity contribution in [1.29, 1.82) is 0 Å². The largest absolute Gasteiger partial charge is 0.490 e. The lowest BCUT2D eigenvalue weighted by Gasteiger charge is -2.46. The quantitative estimate of drug-likeness (QED) is 0.641. The van der Waals surface area contributed by atoms with Crippen LogP contribution >= 0.6 is 11.5 Å². The number of halogens is 3. The number of rotatable bonds is 4. The summed E-state index contributed by atoms with van der Waals surface area (Å²) in [6.07, 6.45) is -0.477. The maximum Gasteiger partial charge on any atom is 0.490 e. The highest BCUT2D eigenvalue weighted by molar-refractivity contribution is 7.03. The molecule has 1 fully saturated rings. The Kier molecular flexibility index (Phi) is 7.69. The average molecular weight is 485 g/mol. The summed E-state index contributed by atoms with van der Waals surface area (Å²) < 4.78 is 42.0. The summed E-state index contributed by atoms with van der Waals surface area (Å²) in [6, 6.07) is 7.90. The second kappa shape index (κ2) is 10.3. The number of carbonyl (C=O) groups is 2. The van der Waals surface area contributed by atoms with Crippen LogP contribution in [-0.4, -0.2) is 62.9 Å². The first kappa shape index (κ1) is 24.6. The predicted octanol–water partition coefficient (Wildman–Crippen LogP) is 3.45. The van der Waals surface area contributed by atoms with E-state index in [0.29, 0.717) is 5.69 Å². The minimum absolute atomic E-state index is 0.0832. The molecule has 33 heavy (non-hydrogen) atoms. The third-order valence-corrected chi connectivity index (χ3v) is 6.00. The molecule has 12 heteroatoms. The Morgan fingerprint density at radius 1 is 1.33 bits per heavy atom. The number of nitrogens with one attached hydrogen (secondary N) is 1. The molecule has 2 aliphatic rings. The van der Waals surface area contributed by atoms with E-state index >= 15 is 0 Å². The summed E-state index contributed by atoms with van der Waals surface area (Å²) in [5, 5.41) is 15.8. The van der Waals surface area contributed by atoms with Crippen LogP contribution in [0.3, 0.4) is 0 Å². The lowest BCUT2D eigenvalue weighted by atomic mass is 9.80. The lowest BCUT2D eigenvalue weighted by molar-refractivity contribution is -0.192. The molecule has 1 amide bonds. The summed E-state index contributed by atoms with van der Waals surface area (Å²) in [7, 11) is 0. The number of alkyl halides is 3. The van der Waals surface area contributed by atoms with Gasteiger partial charge in [-0.25, -0.2) is 4.79 Å². The predicted molar refractivity (Wildman–Crippen MR) is 114 cm³/mol. The molecule has 1 spiro atoms. The van der Waals surface area contributed by atoms with Gasteiger partial charge in [-0.05, 0) is 30.4 Å². The van der Waals surface area contributed by atoms with Crippen molar-refractivity contribution in [2.24, 2.45) is 0 Å². The number of carboxylic acids is 1. The normalized spacial score (nSPS) is 19.4. The molecule has 8 nitrogen and oxygen atoms in total. The van der Waals surface area contributed by atoms with Crippen molar-refractivity contribution in [3.05, 3.63) is 53.6 Å². The maximum absolute atomic E-state index is 12.5. The number of benzene rings is 1. The Hall–Kier alpha value is -2.99. The summed E-state index contributed by atoms with van der Waals surface area (Å²) in [4.78, 5) is 23.8. The molecule has 2 aromatic rings. The molecule has 4 rings (SSSR count). The first-order valence-electron chi connectivity index (χ1n) is 10.1. The molecule has 0 bridgehead atoms. The van der Waals surface area contributed by atoms with E-state index < -0.39 is 12.1 Å². The van der Waals surface area contributed by atoms with Gasteiger partial charge >= 0.3 is 12.1 Å². The molecule has 1 saturated heterocycles. The van der Waals surface area contributed by atoms with Crippen LogP contribution in [-0.2, 0) is 4.79 Å². The zero-order valence-corrected chi connectivity index (χ0v) is 18.4. The summed E-state index contributed by atoms with van der Waals surface area (Å²) in [5.74, 6) is -2.06. The van der Waals surface area contributed by atoms with Gasteiger partial charge in [0.1, 0.15) is 11.4 Å². The summed E-state index contributed by atoms with van der Waals surface area (Å²) in [6.45, 7) is 6.69. The van der Waals surface area contributed by atoms with Crippen LogP contribution in [0.1, 0.15) is 41.4 Å². The van der Waals surface area contributed by atoms with Gasteiger partial charge in [-0.2, -0.15) is 13.2 Å². The Balaban J connectivity index is 0.000000383. The maximum atomic E-state index is 12.5. The number of carboxylic acid groups (broad SMARTS) is 1. The smallest absolute Gasteiger partial charge is 0.487 e. The molecule has 2 aliphatic heterocycles. The fraction of sp³-hybridized carbons (Fsp3) is 0.429. The van der Waals surface area contributed by atoms with Crippen molar-refractivity contribution in [2.45, 2.75) is 37.1 Å². The summed E-state index contributed by atoms with van der Waals surface area (Å²) >= 11 is 1.18. The van der Waals surface area contributed by atoms with E-state index in [2.05, 4.69) is 26.4 Å². The van der Waals surface area contributed by atoms with Crippen molar-refractivity contribution in [3.8, 4) is 5.75 Å². The van der Waals surface area contributed by atoms with E-state index in [4.69, 9.17) is 14.6 Å². The Labute approximate surface area is 192 Å². The van der Waals surface area contributed by atoms with Crippen molar-refractivity contribution < 1.29 is 32.6 Å². The van der Waals surface area contributed by atoms with Gasteiger partial charge in [-0.15, -0.1) is 11.7 Å². The fourth-order valence-corrected chi connectivity index (χ4v) is 4.31. The molecule has 0 radical (unpaired) electrons. The first-order valence-corrected chi connectivity index (χ1v) is 11.0. The van der Waals surface area contributed by atoms with Crippen LogP contribution in [0.2, 0.25) is 0 Å². The molecular formula is C21H23F3N4O4S. The molecule has 178 valence electrons. The zero-order chi connectivity index (χ0) is 24.1. The third-order valence-electron chi connectivity index (χ3n) is 5.49. The van der Waals surface area contributed by atoms with Crippen LogP contribution < -0.4 is 10.1 Å². The van der Waals surface area contributed by atoms with Gasteiger partial charge in [0.25, 0.3) is 5.91 Å². The van der Waals surface area contributed by atoms with Gasteiger partial charge in [-0.1, -0.05) is 28.8 Å². The van der Waals surface area contributed by atoms with E-state index in [1.54, 1.807) is 5.38 Å². The number of aromatic nitrogens is 2. The molecule has 1 aromatic heterocycles. The van der Waals surface area contributed by atoms with E-state index in [-0.39, 0.29) is 17.6 Å². The molecule has 3 heterocycles. The number of ether oxygens (including phenoxy) is 1. The highest BCUT2D eigenvalue weighted by Gasteiger charge is 2.43. The molecule has 2 N–H and O–H groups in total. The van der Waals surface area contributed by atoms with Crippen LogP contribution in [0.15, 0.2) is 42.3 Å². The SMILES string of the molecule is C=CCN1CCC2(CC1)CC(NC(=O)c1csnn1)c1ccccc1O2.O=C(O)C(F)(F)F. The number of likely N-dealkylation sites (tertiary alicyclic amines) is 1. The fourth-order valence-electron chi connectivity index (χ4n) is 3.87. The molecule has 1 unspecified atom stereocenters. The highest BCUT2D eigenvalue weighted by atomic mass is 32.1. The Bertz CT molecular complexity index is 976. The van der Waals surface area contributed by atoms with Crippen molar-refractivity contribution in [3.63, 3.8) is 0 Å². The molecule has 1 aromatic carbocycles. The number of amides is 1. The van der Waals surface area contributed by atoms with Gasteiger partial charge in [0, 0.05) is 37.0 Å². The summed E-state index contributed by atoms with van der Waals surface area (Å²) in [5.41, 5.74) is 1.17. The van der Waals surface area contributed by atoms with Gasteiger partial charge < -0.3 is 15.2 Å². The minimum atomic E-state index is -5.08. The third kappa shape index (κ3) is 6.29. The number of para-hydroxylation sites is 1. The number of fused-ring (bicyclic) bond motifs is 1. The molecule has 0 aliphatic carbocycles. The number of carbonyl (C=O) groups excluding carboxylic acids is 1. The standard InChI is InChI=1S/C19H22N4O2S.C2HF3O2/c1-2-9-23-10-7-19(8-11-23)12-15(14-5-3-4-6-17(14)25-19)20-18(24)16-13-26-22-21-16;3-2(4,5)1(6)7/h2-6,13,15H,1,7-12H2,(H,20,24);(H,6,7). The Morgan fingerprint density at radius 2 is 2.00 bits per heavy atom. The van der Waals surface area contributed by atoms with Gasteiger partial charge in [-0.3, -0.25) is 9.69 Å². The van der Waals surface area contributed by atoms with Crippen LogP contribution in [0.4, 0.5) is 13.2 Å². The molecule has 1 atom stereocenters. The van der Waals surface area contributed by atoms with E-state index in [0.717, 1.165) is 50.2 Å². The second-order valence-electron chi connectivity index (χ2n) is 7.74. The average Bonchev–Trinajstić information content (AvgIpc) is 3.31.